The van der Waals surface area contributed by atoms with Gasteiger partial charge in [0, 0.05) is 46.1 Å². The van der Waals surface area contributed by atoms with Crippen molar-refractivity contribution in [3.63, 3.8) is 0 Å². The van der Waals surface area contributed by atoms with Crippen molar-refractivity contribution >= 4 is 5.96 Å². The Morgan fingerprint density at radius 3 is 3.00 bits per heavy atom. The van der Waals surface area contributed by atoms with Crippen LogP contribution in [0, 0.1) is 5.92 Å². The van der Waals surface area contributed by atoms with E-state index in [4.69, 9.17) is 0 Å². The van der Waals surface area contributed by atoms with Gasteiger partial charge in [-0.25, -0.2) is 0 Å². The van der Waals surface area contributed by atoms with Crippen LogP contribution in [-0.4, -0.2) is 47.8 Å². The summed E-state index contributed by atoms with van der Waals surface area (Å²) in [5.41, 5.74) is 0. The van der Waals surface area contributed by atoms with Crippen molar-refractivity contribution in [1.29, 1.82) is 0 Å². The lowest BCUT2D eigenvalue weighted by molar-refractivity contribution is 0.422. The van der Waals surface area contributed by atoms with Gasteiger partial charge in [-0.3, -0.25) is 9.67 Å². The molecule has 0 aliphatic carbocycles. The highest BCUT2D eigenvalue weighted by molar-refractivity contribution is 5.79. The van der Waals surface area contributed by atoms with Crippen molar-refractivity contribution in [3.8, 4) is 0 Å². The Morgan fingerprint density at radius 1 is 1.60 bits per heavy atom. The Bertz CT molecular complexity index is 396. The fourth-order valence-electron chi connectivity index (χ4n) is 2.02. The number of aliphatic imine (C=N–C) groups is 1. The van der Waals surface area contributed by atoms with E-state index in [1.54, 1.807) is 0 Å². The number of hydrogen-bond acceptors (Lipinski definition) is 2. The molecular formula is C15H27N5. The standard InChI is InChI=1S/C15H27N5/c1-5-6-7-10-19(4)15(16-3)17-12-14(2)13-20-11-8-9-18-20/h5,8-9,11,14H,1,6-7,10,12-13H2,2-4H3,(H,16,17). The number of unbranched alkanes of at least 4 members (excludes halogenated alkanes) is 1. The van der Waals surface area contributed by atoms with Gasteiger partial charge in [0.2, 0.25) is 0 Å². The minimum Gasteiger partial charge on any atom is -0.356 e. The molecule has 0 aliphatic heterocycles. The Kier molecular flexibility index (Phi) is 7.47. The third kappa shape index (κ3) is 5.91. The highest BCUT2D eigenvalue weighted by Gasteiger charge is 2.08. The Balaban J connectivity index is 2.31. The van der Waals surface area contributed by atoms with E-state index in [0.29, 0.717) is 5.92 Å². The first-order valence-corrected chi connectivity index (χ1v) is 7.17. The summed E-state index contributed by atoms with van der Waals surface area (Å²) in [6.07, 6.45) is 7.90. The third-order valence-electron chi connectivity index (χ3n) is 3.14. The number of nitrogens with zero attached hydrogens (tertiary/aromatic N) is 4. The van der Waals surface area contributed by atoms with E-state index in [2.05, 4.69) is 40.9 Å². The summed E-state index contributed by atoms with van der Waals surface area (Å²) < 4.78 is 1.96. The van der Waals surface area contributed by atoms with Gasteiger partial charge in [-0.2, -0.15) is 5.10 Å². The molecule has 0 amide bonds. The second-order valence-electron chi connectivity index (χ2n) is 5.11. The monoisotopic (exact) mass is 277 g/mol. The van der Waals surface area contributed by atoms with Crippen LogP contribution in [0.15, 0.2) is 36.1 Å². The Hall–Kier alpha value is -1.78. The molecule has 0 radical (unpaired) electrons. The summed E-state index contributed by atoms with van der Waals surface area (Å²) in [5.74, 6) is 1.44. The molecule has 0 bridgehead atoms. The second kappa shape index (κ2) is 9.18. The molecule has 0 saturated heterocycles. The predicted molar refractivity (Wildman–Crippen MR) is 84.8 cm³/mol. The van der Waals surface area contributed by atoms with Crippen molar-refractivity contribution in [2.75, 3.05) is 27.2 Å². The fraction of sp³-hybridized carbons (Fsp3) is 0.600. The maximum absolute atomic E-state index is 4.32. The lowest BCUT2D eigenvalue weighted by atomic mass is 10.2. The minimum absolute atomic E-state index is 0.494. The molecule has 0 saturated carbocycles. The molecule has 5 heteroatoms. The van der Waals surface area contributed by atoms with Gasteiger partial charge >= 0.3 is 0 Å². The van der Waals surface area contributed by atoms with Gasteiger partial charge in [0.05, 0.1) is 0 Å². The molecule has 112 valence electrons. The van der Waals surface area contributed by atoms with Crippen molar-refractivity contribution in [2.24, 2.45) is 10.9 Å². The molecule has 1 aromatic heterocycles. The highest BCUT2D eigenvalue weighted by Crippen LogP contribution is 1.99. The zero-order valence-electron chi connectivity index (χ0n) is 12.9. The highest BCUT2D eigenvalue weighted by atomic mass is 15.3. The van der Waals surface area contributed by atoms with E-state index in [1.165, 1.54) is 0 Å². The summed E-state index contributed by atoms with van der Waals surface area (Å²) in [6, 6.07) is 1.95. The van der Waals surface area contributed by atoms with Crippen molar-refractivity contribution in [2.45, 2.75) is 26.3 Å². The van der Waals surface area contributed by atoms with Crippen molar-refractivity contribution < 1.29 is 0 Å². The quantitative estimate of drug-likeness (QED) is 0.342. The SMILES string of the molecule is C=CCCCN(C)C(=NC)NCC(C)Cn1cccn1. The smallest absolute Gasteiger partial charge is 0.193 e. The van der Waals surface area contributed by atoms with E-state index in [-0.39, 0.29) is 0 Å². The normalized spacial score (nSPS) is 13.1. The first-order chi connectivity index (χ1) is 9.67. The molecule has 0 spiro atoms. The summed E-state index contributed by atoms with van der Waals surface area (Å²) >= 11 is 0. The first-order valence-electron chi connectivity index (χ1n) is 7.17. The Morgan fingerprint density at radius 2 is 2.40 bits per heavy atom. The zero-order valence-corrected chi connectivity index (χ0v) is 12.9. The molecule has 1 aromatic rings. The predicted octanol–water partition coefficient (Wildman–Crippen LogP) is 1.99. The van der Waals surface area contributed by atoms with Gasteiger partial charge in [-0.05, 0) is 24.8 Å². The van der Waals surface area contributed by atoms with Gasteiger partial charge in [0.25, 0.3) is 0 Å². The zero-order chi connectivity index (χ0) is 14.8. The molecule has 1 N–H and O–H groups in total. The van der Waals surface area contributed by atoms with Crippen LogP contribution in [0.5, 0.6) is 0 Å². The topological polar surface area (TPSA) is 45.5 Å². The molecule has 0 aliphatic rings. The molecule has 1 heterocycles. The minimum atomic E-state index is 0.494. The fourth-order valence-corrected chi connectivity index (χ4v) is 2.02. The van der Waals surface area contributed by atoms with Crippen LogP contribution in [0.1, 0.15) is 19.8 Å². The second-order valence-corrected chi connectivity index (χ2v) is 5.11. The van der Waals surface area contributed by atoms with Gasteiger partial charge in [0.15, 0.2) is 5.96 Å². The molecule has 5 nitrogen and oxygen atoms in total. The summed E-state index contributed by atoms with van der Waals surface area (Å²) in [5, 5.41) is 7.64. The van der Waals surface area contributed by atoms with Gasteiger partial charge in [-0.1, -0.05) is 13.0 Å². The molecule has 1 unspecified atom stereocenters. The number of rotatable bonds is 8. The van der Waals surface area contributed by atoms with Gasteiger partial charge in [-0.15, -0.1) is 6.58 Å². The molecular weight excluding hydrogens is 250 g/mol. The number of allylic oxidation sites excluding steroid dienone is 1. The largest absolute Gasteiger partial charge is 0.356 e. The Labute approximate surface area is 122 Å². The number of guanidine groups is 1. The average Bonchev–Trinajstić information content (AvgIpc) is 2.92. The average molecular weight is 277 g/mol. The third-order valence-corrected chi connectivity index (χ3v) is 3.14. The first kappa shape index (κ1) is 16.3. The maximum Gasteiger partial charge on any atom is 0.193 e. The number of hydrogen-bond donors (Lipinski definition) is 1. The van der Waals surface area contributed by atoms with Crippen LogP contribution >= 0.6 is 0 Å². The molecule has 0 fully saturated rings. The van der Waals surface area contributed by atoms with Crippen molar-refractivity contribution in [3.05, 3.63) is 31.1 Å². The maximum atomic E-state index is 4.32. The van der Waals surface area contributed by atoms with Crippen LogP contribution in [0.2, 0.25) is 0 Å². The van der Waals surface area contributed by atoms with Gasteiger partial charge in [0.1, 0.15) is 0 Å². The van der Waals surface area contributed by atoms with Crippen LogP contribution in [0.25, 0.3) is 0 Å². The van der Waals surface area contributed by atoms with Crippen molar-refractivity contribution in [1.82, 2.24) is 20.0 Å². The van der Waals surface area contributed by atoms with E-state index < -0.39 is 0 Å². The lowest BCUT2D eigenvalue weighted by Crippen LogP contribution is -2.41. The van der Waals surface area contributed by atoms with E-state index in [0.717, 1.165) is 38.4 Å². The molecule has 1 rings (SSSR count). The summed E-state index contributed by atoms with van der Waals surface area (Å²) in [7, 11) is 3.89. The van der Waals surface area contributed by atoms with Crippen LogP contribution in [-0.2, 0) is 6.54 Å². The molecule has 0 aromatic carbocycles. The molecule has 20 heavy (non-hydrogen) atoms. The van der Waals surface area contributed by atoms with Crippen LogP contribution in [0.4, 0.5) is 0 Å². The lowest BCUT2D eigenvalue weighted by Gasteiger charge is -2.23. The molecule has 1 atom stereocenters. The van der Waals surface area contributed by atoms with E-state index in [1.807, 2.05) is 36.3 Å². The van der Waals surface area contributed by atoms with Crippen LogP contribution in [0.3, 0.4) is 0 Å². The summed E-state index contributed by atoms with van der Waals surface area (Å²) in [4.78, 5) is 6.48. The summed E-state index contributed by atoms with van der Waals surface area (Å²) in [6.45, 7) is 8.74. The van der Waals surface area contributed by atoms with Gasteiger partial charge < -0.3 is 10.2 Å². The number of nitrogens with one attached hydrogen (secondary N) is 1. The number of aromatic nitrogens is 2. The van der Waals surface area contributed by atoms with Crippen LogP contribution < -0.4 is 5.32 Å². The van der Waals surface area contributed by atoms with E-state index >= 15 is 0 Å². The van der Waals surface area contributed by atoms with E-state index in [9.17, 15) is 0 Å².